The molecule has 3 nitrogen and oxygen atoms in total. The van der Waals surface area contributed by atoms with Crippen LogP contribution in [0.15, 0.2) is 12.1 Å². The van der Waals surface area contributed by atoms with E-state index in [9.17, 15) is 0 Å². The highest BCUT2D eigenvalue weighted by Crippen LogP contribution is 2.36. The summed E-state index contributed by atoms with van der Waals surface area (Å²) < 4.78 is 11.3. The van der Waals surface area contributed by atoms with Crippen molar-refractivity contribution in [3.63, 3.8) is 0 Å². The van der Waals surface area contributed by atoms with Crippen molar-refractivity contribution in [2.24, 2.45) is 0 Å². The molecule has 0 radical (unpaired) electrons. The molecule has 4 heteroatoms. The van der Waals surface area contributed by atoms with Gasteiger partial charge in [-0.25, -0.2) is 0 Å². The molecular formula is C16H26ClNO2. The van der Waals surface area contributed by atoms with E-state index < -0.39 is 0 Å². The third kappa shape index (κ3) is 5.59. The van der Waals surface area contributed by atoms with Gasteiger partial charge in [0.1, 0.15) is 0 Å². The molecule has 1 N–H and O–H groups in total. The van der Waals surface area contributed by atoms with Crippen LogP contribution in [0, 0.1) is 0 Å². The number of halogens is 1. The SMILES string of the molecule is CCCOc1c(Cl)cc(CNC(C)(C)C)cc1OCC. The lowest BCUT2D eigenvalue weighted by Crippen LogP contribution is -2.35. The Balaban J connectivity index is 2.93. The van der Waals surface area contributed by atoms with Gasteiger partial charge in [-0.1, -0.05) is 18.5 Å². The third-order valence-electron chi connectivity index (χ3n) is 2.64. The van der Waals surface area contributed by atoms with Crippen LogP contribution < -0.4 is 14.8 Å². The molecule has 114 valence electrons. The second-order valence-corrected chi connectivity index (χ2v) is 6.20. The lowest BCUT2D eigenvalue weighted by molar-refractivity contribution is 0.276. The molecule has 0 amide bonds. The summed E-state index contributed by atoms with van der Waals surface area (Å²) in [5.41, 5.74) is 1.16. The largest absolute Gasteiger partial charge is 0.490 e. The summed E-state index contributed by atoms with van der Waals surface area (Å²) in [6, 6.07) is 3.94. The fourth-order valence-electron chi connectivity index (χ4n) is 1.70. The monoisotopic (exact) mass is 299 g/mol. The Bertz CT molecular complexity index is 427. The van der Waals surface area contributed by atoms with E-state index in [-0.39, 0.29) is 5.54 Å². The lowest BCUT2D eigenvalue weighted by Gasteiger charge is -2.21. The molecule has 0 unspecified atom stereocenters. The van der Waals surface area contributed by atoms with Crippen molar-refractivity contribution in [2.45, 2.75) is 53.1 Å². The summed E-state index contributed by atoms with van der Waals surface area (Å²) in [5, 5.41) is 4.05. The molecule has 0 spiro atoms. The van der Waals surface area contributed by atoms with E-state index in [0.29, 0.717) is 24.0 Å². The first-order valence-corrected chi connectivity index (χ1v) is 7.58. The zero-order valence-corrected chi connectivity index (χ0v) is 13.9. The first-order valence-electron chi connectivity index (χ1n) is 7.20. The van der Waals surface area contributed by atoms with Gasteiger partial charge in [-0.2, -0.15) is 0 Å². The molecule has 0 heterocycles. The van der Waals surface area contributed by atoms with E-state index in [1.165, 1.54) is 0 Å². The molecule has 0 atom stereocenters. The summed E-state index contributed by atoms with van der Waals surface area (Å²) >= 11 is 6.32. The average Bonchev–Trinajstić information content (AvgIpc) is 2.35. The predicted octanol–water partition coefficient (Wildman–Crippen LogP) is 4.42. The van der Waals surface area contributed by atoms with Gasteiger partial charge >= 0.3 is 0 Å². The van der Waals surface area contributed by atoms with Gasteiger partial charge in [0.25, 0.3) is 0 Å². The Morgan fingerprint density at radius 2 is 1.85 bits per heavy atom. The van der Waals surface area contributed by atoms with Crippen LogP contribution in [0.1, 0.15) is 46.6 Å². The van der Waals surface area contributed by atoms with Gasteiger partial charge in [0, 0.05) is 12.1 Å². The summed E-state index contributed by atoms with van der Waals surface area (Å²) in [5.74, 6) is 1.37. The number of hydrogen-bond donors (Lipinski definition) is 1. The highest BCUT2D eigenvalue weighted by Gasteiger charge is 2.14. The highest BCUT2D eigenvalue weighted by atomic mass is 35.5. The van der Waals surface area contributed by atoms with Gasteiger partial charge in [0.2, 0.25) is 0 Å². The van der Waals surface area contributed by atoms with E-state index in [4.69, 9.17) is 21.1 Å². The fraction of sp³-hybridized carbons (Fsp3) is 0.625. The van der Waals surface area contributed by atoms with Crippen LogP contribution in [0.3, 0.4) is 0 Å². The summed E-state index contributed by atoms with van der Waals surface area (Å²) in [6.45, 7) is 12.4. The minimum Gasteiger partial charge on any atom is -0.490 e. The van der Waals surface area contributed by atoms with E-state index in [1.807, 2.05) is 19.1 Å². The minimum absolute atomic E-state index is 0.0651. The smallest absolute Gasteiger partial charge is 0.179 e. The Morgan fingerprint density at radius 3 is 2.40 bits per heavy atom. The van der Waals surface area contributed by atoms with Crippen molar-refractivity contribution >= 4 is 11.6 Å². The second-order valence-electron chi connectivity index (χ2n) is 5.79. The van der Waals surface area contributed by atoms with E-state index >= 15 is 0 Å². The molecule has 0 saturated heterocycles. The standard InChI is InChI=1S/C16H26ClNO2/c1-6-8-20-15-13(17)9-12(10-14(15)19-7-2)11-18-16(3,4)5/h9-10,18H,6-8,11H2,1-5H3. The van der Waals surface area contributed by atoms with Crippen molar-refractivity contribution < 1.29 is 9.47 Å². The van der Waals surface area contributed by atoms with Crippen molar-refractivity contribution in [1.29, 1.82) is 0 Å². The van der Waals surface area contributed by atoms with Gasteiger partial charge in [-0.3, -0.25) is 0 Å². The molecule has 1 aromatic carbocycles. The van der Waals surface area contributed by atoms with Gasteiger partial charge in [-0.15, -0.1) is 0 Å². The average molecular weight is 300 g/mol. The maximum atomic E-state index is 6.32. The van der Waals surface area contributed by atoms with Crippen LogP contribution in [0.2, 0.25) is 5.02 Å². The Hall–Kier alpha value is -0.930. The molecular weight excluding hydrogens is 274 g/mol. The van der Waals surface area contributed by atoms with Crippen LogP contribution in [-0.4, -0.2) is 18.8 Å². The Labute approximate surface area is 127 Å². The fourth-order valence-corrected chi connectivity index (χ4v) is 1.99. The number of ether oxygens (including phenoxy) is 2. The molecule has 1 rings (SSSR count). The number of hydrogen-bond acceptors (Lipinski definition) is 3. The van der Waals surface area contributed by atoms with Crippen molar-refractivity contribution in [2.75, 3.05) is 13.2 Å². The molecule has 0 aliphatic heterocycles. The zero-order valence-electron chi connectivity index (χ0n) is 13.2. The predicted molar refractivity (Wildman–Crippen MR) is 85.0 cm³/mol. The molecule has 20 heavy (non-hydrogen) atoms. The van der Waals surface area contributed by atoms with Crippen LogP contribution >= 0.6 is 11.6 Å². The normalized spacial score (nSPS) is 11.5. The number of benzene rings is 1. The quantitative estimate of drug-likeness (QED) is 0.808. The molecule has 1 aromatic rings. The summed E-state index contributed by atoms with van der Waals surface area (Å²) in [4.78, 5) is 0. The molecule has 0 fully saturated rings. The first-order chi connectivity index (χ1) is 9.37. The maximum absolute atomic E-state index is 6.32. The van der Waals surface area contributed by atoms with E-state index in [2.05, 4.69) is 33.0 Å². The topological polar surface area (TPSA) is 30.5 Å². The van der Waals surface area contributed by atoms with Crippen molar-refractivity contribution in [3.05, 3.63) is 22.7 Å². The van der Waals surface area contributed by atoms with Crippen LogP contribution in [0.5, 0.6) is 11.5 Å². The highest BCUT2D eigenvalue weighted by molar-refractivity contribution is 6.32. The molecule has 0 aromatic heterocycles. The minimum atomic E-state index is 0.0651. The maximum Gasteiger partial charge on any atom is 0.179 e. The Morgan fingerprint density at radius 1 is 1.15 bits per heavy atom. The zero-order chi connectivity index (χ0) is 15.2. The van der Waals surface area contributed by atoms with Crippen molar-refractivity contribution in [1.82, 2.24) is 5.32 Å². The van der Waals surface area contributed by atoms with E-state index in [0.717, 1.165) is 24.3 Å². The van der Waals surface area contributed by atoms with Crippen LogP contribution in [0.25, 0.3) is 0 Å². The molecule has 0 bridgehead atoms. The first kappa shape index (κ1) is 17.1. The van der Waals surface area contributed by atoms with Crippen LogP contribution in [0.4, 0.5) is 0 Å². The van der Waals surface area contributed by atoms with E-state index in [1.54, 1.807) is 0 Å². The lowest BCUT2D eigenvalue weighted by atomic mass is 10.1. The number of rotatable bonds is 7. The van der Waals surface area contributed by atoms with Crippen LogP contribution in [-0.2, 0) is 6.54 Å². The third-order valence-corrected chi connectivity index (χ3v) is 2.92. The van der Waals surface area contributed by atoms with Gasteiger partial charge in [-0.05, 0) is 51.8 Å². The summed E-state index contributed by atoms with van der Waals surface area (Å²) in [7, 11) is 0. The summed E-state index contributed by atoms with van der Waals surface area (Å²) in [6.07, 6.45) is 0.940. The molecule has 0 aliphatic carbocycles. The van der Waals surface area contributed by atoms with Gasteiger partial charge in [0.05, 0.1) is 18.2 Å². The molecule has 0 aliphatic rings. The number of nitrogens with one attached hydrogen (secondary N) is 1. The second kappa shape index (κ2) is 7.75. The Kier molecular flexibility index (Phi) is 6.63. The van der Waals surface area contributed by atoms with Gasteiger partial charge in [0.15, 0.2) is 11.5 Å². The molecule has 0 saturated carbocycles. The van der Waals surface area contributed by atoms with Crippen molar-refractivity contribution in [3.8, 4) is 11.5 Å². The van der Waals surface area contributed by atoms with Gasteiger partial charge < -0.3 is 14.8 Å².